The van der Waals surface area contributed by atoms with Crippen molar-refractivity contribution in [1.29, 1.82) is 0 Å². The lowest BCUT2D eigenvalue weighted by Crippen LogP contribution is -2.34. The summed E-state index contributed by atoms with van der Waals surface area (Å²) in [6.45, 7) is 5.44. The fourth-order valence-electron chi connectivity index (χ4n) is 3.14. The monoisotopic (exact) mass is 344 g/mol. The second-order valence-electron chi connectivity index (χ2n) is 5.54. The van der Waals surface area contributed by atoms with Crippen molar-refractivity contribution in [2.45, 2.75) is 45.1 Å². The van der Waals surface area contributed by atoms with E-state index in [1.807, 2.05) is 11.3 Å². The Balaban J connectivity index is 1.99. The molecule has 2 unspecified atom stereocenters. The molecule has 0 saturated carbocycles. The Kier molecular flexibility index (Phi) is 6.33. The first-order valence-corrected chi connectivity index (χ1v) is 9.10. The van der Waals surface area contributed by atoms with Gasteiger partial charge in [0.05, 0.1) is 6.04 Å². The average molecular weight is 345 g/mol. The van der Waals surface area contributed by atoms with Crippen molar-refractivity contribution in [3.8, 4) is 0 Å². The zero-order chi connectivity index (χ0) is 13.7. The van der Waals surface area contributed by atoms with Gasteiger partial charge < -0.3 is 5.73 Å². The Bertz CT molecular complexity index is 380. The summed E-state index contributed by atoms with van der Waals surface area (Å²) >= 11 is 5.38. The third kappa shape index (κ3) is 4.28. The molecule has 0 aliphatic carbocycles. The number of rotatable bonds is 5. The molecule has 1 aliphatic heterocycles. The lowest BCUT2D eigenvalue weighted by Gasteiger charge is -2.29. The van der Waals surface area contributed by atoms with Gasteiger partial charge in [0.2, 0.25) is 0 Å². The Morgan fingerprint density at radius 3 is 2.95 bits per heavy atom. The van der Waals surface area contributed by atoms with Gasteiger partial charge in [0, 0.05) is 21.3 Å². The minimum Gasteiger partial charge on any atom is -0.329 e. The van der Waals surface area contributed by atoms with E-state index in [4.69, 9.17) is 5.73 Å². The second kappa shape index (κ2) is 7.77. The molecule has 2 nitrogen and oxygen atoms in total. The summed E-state index contributed by atoms with van der Waals surface area (Å²) in [6, 6.07) is 2.65. The molecule has 1 aliphatic rings. The highest BCUT2D eigenvalue weighted by atomic mass is 79.9. The van der Waals surface area contributed by atoms with Crippen LogP contribution < -0.4 is 5.73 Å². The van der Waals surface area contributed by atoms with E-state index in [9.17, 15) is 0 Å². The normalized spacial score (nSPS) is 23.2. The highest BCUT2D eigenvalue weighted by Crippen LogP contribution is 2.32. The summed E-state index contributed by atoms with van der Waals surface area (Å²) in [5.74, 6) is 0.934. The van der Waals surface area contributed by atoms with Gasteiger partial charge in [0.25, 0.3) is 0 Å². The topological polar surface area (TPSA) is 29.3 Å². The van der Waals surface area contributed by atoms with Crippen LogP contribution in [0, 0.1) is 5.92 Å². The van der Waals surface area contributed by atoms with Gasteiger partial charge in [-0.3, -0.25) is 4.90 Å². The molecule has 108 valence electrons. The van der Waals surface area contributed by atoms with Crippen molar-refractivity contribution in [1.82, 2.24) is 4.90 Å². The maximum Gasteiger partial charge on any atom is 0.0564 e. The van der Waals surface area contributed by atoms with Gasteiger partial charge in [-0.1, -0.05) is 19.8 Å². The van der Waals surface area contributed by atoms with Crippen molar-refractivity contribution in [2.75, 3.05) is 19.6 Å². The Morgan fingerprint density at radius 1 is 1.47 bits per heavy atom. The number of hydrogen-bond donors (Lipinski definition) is 1. The van der Waals surface area contributed by atoms with Crippen molar-refractivity contribution in [2.24, 2.45) is 11.7 Å². The molecule has 19 heavy (non-hydrogen) atoms. The van der Waals surface area contributed by atoms with Crippen LogP contribution in [0.15, 0.2) is 15.9 Å². The predicted molar refractivity (Wildman–Crippen MR) is 87.6 cm³/mol. The van der Waals surface area contributed by atoms with E-state index in [1.165, 1.54) is 54.5 Å². The van der Waals surface area contributed by atoms with Gasteiger partial charge in [-0.05, 0) is 60.3 Å². The van der Waals surface area contributed by atoms with Gasteiger partial charge in [0.1, 0.15) is 0 Å². The molecule has 4 heteroatoms. The SMILES string of the molecule is CCCC1CCCN(C(CN)c2cc(Br)cs2)CC1. The molecule has 0 radical (unpaired) electrons. The summed E-state index contributed by atoms with van der Waals surface area (Å²) in [7, 11) is 0. The molecule has 2 rings (SSSR count). The summed E-state index contributed by atoms with van der Waals surface area (Å²) in [5.41, 5.74) is 6.04. The minimum atomic E-state index is 0.414. The number of thiophene rings is 1. The number of nitrogens with zero attached hydrogens (tertiary/aromatic N) is 1. The van der Waals surface area contributed by atoms with Crippen LogP contribution in [-0.4, -0.2) is 24.5 Å². The van der Waals surface area contributed by atoms with Crippen molar-refractivity contribution < 1.29 is 0 Å². The van der Waals surface area contributed by atoms with Crippen LogP contribution in [0.2, 0.25) is 0 Å². The molecule has 0 aromatic carbocycles. The van der Waals surface area contributed by atoms with Crippen LogP contribution in [0.5, 0.6) is 0 Å². The third-order valence-corrected chi connectivity index (χ3v) is 5.95. The van der Waals surface area contributed by atoms with E-state index >= 15 is 0 Å². The van der Waals surface area contributed by atoms with E-state index in [-0.39, 0.29) is 0 Å². The number of halogens is 1. The van der Waals surface area contributed by atoms with Crippen LogP contribution in [0.25, 0.3) is 0 Å². The molecule has 1 fully saturated rings. The lowest BCUT2D eigenvalue weighted by atomic mass is 9.96. The van der Waals surface area contributed by atoms with Gasteiger partial charge in [-0.2, -0.15) is 0 Å². The fourth-order valence-corrected chi connectivity index (χ4v) is 4.74. The smallest absolute Gasteiger partial charge is 0.0564 e. The first-order valence-electron chi connectivity index (χ1n) is 7.42. The summed E-state index contributed by atoms with van der Waals surface area (Å²) in [6.07, 6.45) is 6.79. The highest BCUT2D eigenvalue weighted by Gasteiger charge is 2.24. The average Bonchev–Trinajstić information content (AvgIpc) is 2.69. The molecular formula is C15H25BrN2S. The third-order valence-electron chi connectivity index (χ3n) is 4.16. The molecule has 0 amide bonds. The van der Waals surface area contributed by atoms with Crippen LogP contribution in [0.4, 0.5) is 0 Å². The molecule has 2 heterocycles. The van der Waals surface area contributed by atoms with E-state index < -0.39 is 0 Å². The van der Waals surface area contributed by atoms with E-state index in [0.717, 1.165) is 12.5 Å². The summed E-state index contributed by atoms with van der Waals surface area (Å²) in [4.78, 5) is 4.01. The standard InChI is InChI=1S/C15H25BrN2S/c1-2-4-12-5-3-7-18(8-6-12)14(10-17)15-9-13(16)11-19-15/h9,11-12,14H,2-8,10,17H2,1H3. The zero-order valence-electron chi connectivity index (χ0n) is 11.8. The lowest BCUT2D eigenvalue weighted by molar-refractivity contribution is 0.209. The minimum absolute atomic E-state index is 0.414. The second-order valence-corrected chi connectivity index (χ2v) is 7.40. The van der Waals surface area contributed by atoms with Crippen molar-refractivity contribution in [3.63, 3.8) is 0 Å². The van der Waals surface area contributed by atoms with Crippen molar-refractivity contribution in [3.05, 3.63) is 20.8 Å². The van der Waals surface area contributed by atoms with E-state index in [2.05, 4.69) is 39.2 Å². The largest absolute Gasteiger partial charge is 0.329 e. The quantitative estimate of drug-likeness (QED) is 0.856. The first kappa shape index (κ1) is 15.5. The number of nitrogens with two attached hydrogens (primary N) is 1. The van der Waals surface area contributed by atoms with Crippen LogP contribution >= 0.6 is 27.3 Å². The van der Waals surface area contributed by atoms with E-state index in [1.54, 1.807) is 0 Å². The Morgan fingerprint density at radius 2 is 2.32 bits per heavy atom. The molecule has 1 aromatic heterocycles. The maximum absolute atomic E-state index is 6.04. The molecule has 1 aromatic rings. The molecule has 2 N–H and O–H groups in total. The highest BCUT2D eigenvalue weighted by molar-refractivity contribution is 9.10. The summed E-state index contributed by atoms with van der Waals surface area (Å²) < 4.78 is 1.18. The van der Waals surface area contributed by atoms with Gasteiger partial charge in [-0.15, -0.1) is 11.3 Å². The zero-order valence-corrected chi connectivity index (χ0v) is 14.2. The molecule has 2 atom stereocenters. The molecular weight excluding hydrogens is 320 g/mol. The first-order chi connectivity index (χ1) is 9.24. The molecule has 0 spiro atoms. The van der Waals surface area contributed by atoms with Crippen LogP contribution in [-0.2, 0) is 0 Å². The van der Waals surface area contributed by atoms with Crippen LogP contribution in [0.3, 0.4) is 0 Å². The van der Waals surface area contributed by atoms with Gasteiger partial charge in [0.15, 0.2) is 0 Å². The summed E-state index contributed by atoms with van der Waals surface area (Å²) in [5, 5.41) is 2.16. The van der Waals surface area contributed by atoms with Crippen LogP contribution in [0.1, 0.15) is 49.9 Å². The van der Waals surface area contributed by atoms with Crippen molar-refractivity contribution >= 4 is 27.3 Å². The van der Waals surface area contributed by atoms with E-state index in [0.29, 0.717) is 6.04 Å². The van der Waals surface area contributed by atoms with Gasteiger partial charge >= 0.3 is 0 Å². The fraction of sp³-hybridized carbons (Fsp3) is 0.733. The van der Waals surface area contributed by atoms with Gasteiger partial charge in [-0.25, -0.2) is 0 Å². The molecule has 0 bridgehead atoms. The Hall–Kier alpha value is 0.1000. The predicted octanol–water partition coefficient (Wildman–Crippen LogP) is 4.41. The number of hydrogen-bond acceptors (Lipinski definition) is 3. The molecule has 1 saturated heterocycles. The number of likely N-dealkylation sites (tertiary alicyclic amines) is 1. The Labute approximate surface area is 129 Å². The maximum atomic E-state index is 6.04.